The molecule has 3 nitrogen and oxygen atoms in total. The molecule has 158 valence electrons. The number of anilines is 1. The van der Waals surface area contributed by atoms with Gasteiger partial charge < -0.3 is 10.6 Å². The van der Waals surface area contributed by atoms with E-state index in [1.165, 1.54) is 18.4 Å². The third kappa shape index (κ3) is 8.53. The third-order valence-electron chi connectivity index (χ3n) is 5.09. The zero-order valence-electron chi connectivity index (χ0n) is 18.7. The summed E-state index contributed by atoms with van der Waals surface area (Å²) in [5.41, 5.74) is 3.37. The summed E-state index contributed by atoms with van der Waals surface area (Å²) in [5, 5.41) is 6.96. The number of aliphatic imine (C=N–C) groups is 1. The highest BCUT2D eigenvalue weighted by Gasteiger charge is 2.16. The van der Waals surface area contributed by atoms with Gasteiger partial charge in [0.05, 0.1) is 5.69 Å². The minimum atomic E-state index is 0.326. The summed E-state index contributed by atoms with van der Waals surface area (Å²) >= 11 is 2.02. The lowest BCUT2D eigenvalue weighted by Crippen LogP contribution is -2.33. The second-order valence-electron chi connectivity index (χ2n) is 8.14. The fraction of sp³-hybridized carbons (Fsp3) is 0.480. The summed E-state index contributed by atoms with van der Waals surface area (Å²) in [6.07, 6.45) is 3.62. The van der Waals surface area contributed by atoms with Gasteiger partial charge in [-0.25, -0.2) is 4.99 Å². The lowest BCUT2D eigenvalue weighted by molar-refractivity contribution is 0.626. The fourth-order valence-corrected chi connectivity index (χ4v) is 4.29. The lowest BCUT2D eigenvalue weighted by atomic mass is 9.99. The number of para-hydroxylation sites is 1. The van der Waals surface area contributed by atoms with Gasteiger partial charge in [-0.3, -0.25) is 0 Å². The normalized spacial score (nSPS) is 13.2. The van der Waals surface area contributed by atoms with Crippen molar-refractivity contribution in [1.82, 2.24) is 5.32 Å². The van der Waals surface area contributed by atoms with Gasteiger partial charge in [-0.05, 0) is 48.6 Å². The number of guanidine groups is 1. The van der Waals surface area contributed by atoms with Crippen LogP contribution in [0.25, 0.3) is 0 Å². The van der Waals surface area contributed by atoms with Gasteiger partial charge >= 0.3 is 0 Å². The van der Waals surface area contributed by atoms with Crippen molar-refractivity contribution < 1.29 is 0 Å². The molecule has 0 saturated carbocycles. The van der Waals surface area contributed by atoms with Crippen LogP contribution in [0, 0.1) is 0 Å². The summed E-state index contributed by atoms with van der Waals surface area (Å²) in [6.45, 7) is 12.3. The molecule has 0 radical (unpaired) electrons. The highest BCUT2D eigenvalue weighted by molar-refractivity contribution is 8.00. The molecule has 0 aliphatic carbocycles. The number of thioether (sulfide) groups is 1. The Morgan fingerprint density at radius 3 is 2.34 bits per heavy atom. The van der Waals surface area contributed by atoms with Crippen molar-refractivity contribution in [2.75, 3.05) is 17.6 Å². The van der Waals surface area contributed by atoms with Crippen molar-refractivity contribution in [3.63, 3.8) is 0 Å². The van der Waals surface area contributed by atoms with Crippen molar-refractivity contribution in [1.29, 1.82) is 0 Å². The molecule has 0 heterocycles. The summed E-state index contributed by atoms with van der Waals surface area (Å²) in [7, 11) is 0. The van der Waals surface area contributed by atoms with Gasteiger partial charge in [-0.2, -0.15) is 11.8 Å². The number of benzene rings is 2. The van der Waals surface area contributed by atoms with Gasteiger partial charge in [-0.1, -0.05) is 71.4 Å². The summed E-state index contributed by atoms with van der Waals surface area (Å²) < 4.78 is 0.326. The highest BCUT2D eigenvalue weighted by atomic mass is 32.2. The van der Waals surface area contributed by atoms with E-state index in [0.717, 1.165) is 36.1 Å². The van der Waals surface area contributed by atoms with Crippen LogP contribution in [0.5, 0.6) is 0 Å². The lowest BCUT2D eigenvalue weighted by Gasteiger charge is -2.23. The first-order valence-corrected chi connectivity index (χ1v) is 11.8. The molecule has 0 saturated heterocycles. The standard InChI is InChI=1S/C25H37N3S/c1-6-17-25(4,5)29-19-18-26-24(27-22-11-9-8-10-12-22)28-23-15-13-21(14-16-23)20(3)7-2/h8-16,20H,6-7,17-19H2,1-5H3,(H2,26,27,28). The first-order valence-electron chi connectivity index (χ1n) is 10.8. The number of rotatable bonds is 10. The molecule has 0 spiro atoms. The van der Waals surface area contributed by atoms with E-state index in [1.807, 2.05) is 42.1 Å². The molecule has 2 rings (SSSR count). The Kier molecular flexibility index (Phi) is 9.59. The van der Waals surface area contributed by atoms with Crippen molar-refractivity contribution in [3.8, 4) is 0 Å². The molecular formula is C25H37N3S. The Hall–Kier alpha value is -1.94. The molecule has 0 bridgehead atoms. The monoisotopic (exact) mass is 411 g/mol. The van der Waals surface area contributed by atoms with Gasteiger partial charge in [0, 0.05) is 22.7 Å². The van der Waals surface area contributed by atoms with Crippen LogP contribution in [0.1, 0.15) is 65.4 Å². The smallest absolute Gasteiger partial charge is 0.201 e. The third-order valence-corrected chi connectivity index (χ3v) is 6.49. The summed E-state index contributed by atoms with van der Waals surface area (Å²) in [4.78, 5) is 4.78. The van der Waals surface area contributed by atoms with Gasteiger partial charge in [0.1, 0.15) is 0 Å². The van der Waals surface area contributed by atoms with Gasteiger partial charge in [0.15, 0.2) is 0 Å². The summed E-state index contributed by atoms with van der Waals surface area (Å²) in [6, 6.07) is 18.8. The summed E-state index contributed by atoms with van der Waals surface area (Å²) in [5.74, 6) is 2.43. The Bertz CT molecular complexity index is 738. The van der Waals surface area contributed by atoms with Crippen LogP contribution in [-0.4, -0.2) is 23.0 Å². The number of hydrogen-bond donors (Lipinski definition) is 2. The van der Waals surface area contributed by atoms with E-state index < -0.39 is 0 Å². The molecule has 1 atom stereocenters. The van der Waals surface area contributed by atoms with Gasteiger partial charge in [0.25, 0.3) is 0 Å². The van der Waals surface area contributed by atoms with Crippen LogP contribution < -0.4 is 10.6 Å². The predicted molar refractivity (Wildman–Crippen MR) is 132 cm³/mol. The molecule has 0 fully saturated rings. The molecule has 1 unspecified atom stereocenters. The number of nitrogens with zero attached hydrogens (tertiary/aromatic N) is 1. The Balaban J connectivity index is 2.03. The first kappa shape index (κ1) is 23.3. The van der Waals surface area contributed by atoms with Crippen LogP contribution >= 0.6 is 11.8 Å². The molecule has 0 aliphatic rings. The van der Waals surface area contributed by atoms with E-state index >= 15 is 0 Å². The molecule has 2 aromatic rings. The van der Waals surface area contributed by atoms with Gasteiger partial charge in [-0.15, -0.1) is 0 Å². The average molecular weight is 412 g/mol. The van der Waals surface area contributed by atoms with Crippen LogP contribution in [0.2, 0.25) is 0 Å². The first-order chi connectivity index (χ1) is 13.9. The second kappa shape index (κ2) is 11.9. The van der Waals surface area contributed by atoms with E-state index in [0.29, 0.717) is 10.7 Å². The van der Waals surface area contributed by atoms with Crippen LogP contribution in [-0.2, 0) is 0 Å². The maximum Gasteiger partial charge on any atom is 0.201 e. The van der Waals surface area contributed by atoms with Crippen molar-refractivity contribution in [2.45, 2.75) is 64.5 Å². The van der Waals surface area contributed by atoms with E-state index in [-0.39, 0.29) is 0 Å². The van der Waals surface area contributed by atoms with E-state index in [1.54, 1.807) is 0 Å². The predicted octanol–water partition coefficient (Wildman–Crippen LogP) is 7.20. The van der Waals surface area contributed by atoms with E-state index in [9.17, 15) is 0 Å². The molecule has 2 aromatic carbocycles. The topological polar surface area (TPSA) is 36.4 Å². The van der Waals surface area contributed by atoms with Gasteiger partial charge in [0.2, 0.25) is 5.96 Å². The largest absolute Gasteiger partial charge is 0.355 e. The van der Waals surface area contributed by atoms with Crippen molar-refractivity contribution in [2.24, 2.45) is 4.99 Å². The molecule has 0 amide bonds. The SMILES string of the molecule is CCCC(C)(C)SCCN/C(=N\c1ccccc1)Nc1ccc(C(C)CC)cc1. The molecule has 4 heteroatoms. The minimum absolute atomic E-state index is 0.326. The van der Waals surface area contributed by atoms with Crippen molar-refractivity contribution >= 4 is 29.1 Å². The van der Waals surface area contributed by atoms with Crippen LogP contribution in [0.3, 0.4) is 0 Å². The quantitative estimate of drug-likeness (QED) is 0.246. The second-order valence-corrected chi connectivity index (χ2v) is 9.94. The van der Waals surface area contributed by atoms with E-state index in [2.05, 4.69) is 69.5 Å². The molecule has 0 aliphatic heterocycles. The van der Waals surface area contributed by atoms with Crippen molar-refractivity contribution in [3.05, 3.63) is 60.2 Å². The number of hydrogen-bond acceptors (Lipinski definition) is 2. The number of nitrogens with one attached hydrogen (secondary N) is 2. The maximum atomic E-state index is 4.78. The molecule has 0 aromatic heterocycles. The fourth-order valence-electron chi connectivity index (χ4n) is 3.18. The van der Waals surface area contributed by atoms with Crippen LogP contribution in [0.4, 0.5) is 11.4 Å². The molecule has 2 N–H and O–H groups in total. The zero-order valence-corrected chi connectivity index (χ0v) is 19.5. The van der Waals surface area contributed by atoms with Crippen LogP contribution in [0.15, 0.2) is 59.6 Å². The average Bonchev–Trinajstić information content (AvgIpc) is 2.72. The Labute approximate surface area is 181 Å². The highest BCUT2D eigenvalue weighted by Crippen LogP contribution is 2.28. The Morgan fingerprint density at radius 2 is 1.72 bits per heavy atom. The Morgan fingerprint density at radius 1 is 1.03 bits per heavy atom. The molecular weight excluding hydrogens is 374 g/mol. The minimum Gasteiger partial charge on any atom is -0.355 e. The van der Waals surface area contributed by atoms with E-state index in [4.69, 9.17) is 4.99 Å². The zero-order chi connectivity index (χ0) is 21.1. The maximum absolute atomic E-state index is 4.78. The molecule has 29 heavy (non-hydrogen) atoms.